The second kappa shape index (κ2) is 6.05. The molecule has 3 atom stereocenters. The van der Waals surface area contributed by atoms with Crippen molar-refractivity contribution >= 4 is 5.91 Å². The molecule has 0 radical (unpaired) electrons. The third-order valence-electron chi connectivity index (χ3n) is 5.03. The summed E-state index contributed by atoms with van der Waals surface area (Å²) in [4.78, 5) is 16.6. The van der Waals surface area contributed by atoms with E-state index >= 15 is 0 Å². The van der Waals surface area contributed by atoms with Crippen LogP contribution in [0.3, 0.4) is 0 Å². The lowest BCUT2D eigenvalue weighted by atomic mass is 10.0. The Hall–Kier alpha value is -2.15. The molecule has 0 spiro atoms. The highest BCUT2D eigenvalue weighted by molar-refractivity contribution is 5.93. The van der Waals surface area contributed by atoms with Crippen molar-refractivity contribution in [2.45, 2.75) is 43.6 Å². The van der Waals surface area contributed by atoms with Crippen molar-refractivity contribution in [1.29, 1.82) is 0 Å². The predicted molar refractivity (Wildman–Crippen MR) is 85.5 cm³/mol. The molecule has 0 saturated heterocycles. The smallest absolute Gasteiger partial charge is 0.252 e. The number of amides is 1. The van der Waals surface area contributed by atoms with Crippen LogP contribution >= 0.6 is 0 Å². The van der Waals surface area contributed by atoms with Gasteiger partial charge in [0.05, 0.1) is 11.7 Å². The standard InChI is InChI=1S/C17H22N4O3/c1-21-5-4-11(9-21)16(23)18-8-13-6-12(7-14(13)22)17-19-15(20-24-17)10-2-3-10/h4-5,9-10,12-14,22H,2-3,6-8H2,1H3,(H,18,23)/t12-,13+,14+/m0/s1. The van der Waals surface area contributed by atoms with Gasteiger partial charge < -0.3 is 19.5 Å². The summed E-state index contributed by atoms with van der Waals surface area (Å²) < 4.78 is 7.22. The van der Waals surface area contributed by atoms with Gasteiger partial charge in [-0.25, -0.2) is 0 Å². The molecule has 2 aliphatic carbocycles. The number of rotatable bonds is 5. The van der Waals surface area contributed by atoms with Gasteiger partial charge in [0.1, 0.15) is 0 Å². The van der Waals surface area contributed by atoms with E-state index in [1.807, 2.05) is 17.8 Å². The van der Waals surface area contributed by atoms with Gasteiger partial charge in [-0.15, -0.1) is 0 Å². The van der Waals surface area contributed by atoms with Gasteiger partial charge in [0.15, 0.2) is 5.82 Å². The number of nitrogens with zero attached hydrogens (tertiary/aromatic N) is 3. The molecule has 24 heavy (non-hydrogen) atoms. The van der Waals surface area contributed by atoms with Crippen LogP contribution in [-0.4, -0.2) is 38.4 Å². The molecule has 0 aliphatic heterocycles. The Morgan fingerprint density at radius 2 is 2.25 bits per heavy atom. The van der Waals surface area contributed by atoms with Gasteiger partial charge in [-0.1, -0.05) is 5.16 Å². The first-order valence-electron chi connectivity index (χ1n) is 8.52. The molecule has 2 saturated carbocycles. The molecular weight excluding hydrogens is 308 g/mol. The van der Waals surface area contributed by atoms with E-state index in [0.717, 1.165) is 25.1 Å². The number of nitrogens with one attached hydrogen (secondary N) is 1. The Balaban J connectivity index is 1.33. The lowest BCUT2D eigenvalue weighted by Gasteiger charge is -2.14. The molecule has 7 nitrogen and oxygen atoms in total. The number of aromatic nitrogens is 3. The maximum Gasteiger partial charge on any atom is 0.252 e. The Kier molecular flexibility index (Phi) is 3.88. The summed E-state index contributed by atoms with van der Waals surface area (Å²) in [6.45, 7) is 0.453. The molecule has 2 aromatic rings. The van der Waals surface area contributed by atoms with Gasteiger partial charge in [0.25, 0.3) is 5.91 Å². The molecule has 2 heterocycles. The van der Waals surface area contributed by atoms with Crippen molar-refractivity contribution in [2.24, 2.45) is 13.0 Å². The first-order chi connectivity index (χ1) is 11.6. The van der Waals surface area contributed by atoms with E-state index in [1.54, 1.807) is 12.3 Å². The zero-order chi connectivity index (χ0) is 16.7. The maximum absolute atomic E-state index is 12.1. The van der Waals surface area contributed by atoms with Crippen LogP contribution in [0.1, 0.15) is 59.6 Å². The number of carbonyl (C=O) groups is 1. The van der Waals surface area contributed by atoms with Crippen LogP contribution < -0.4 is 5.32 Å². The minimum absolute atomic E-state index is 0.0129. The van der Waals surface area contributed by atoms with E-state index in [1.165, 1.54) is 0 Å². The Bertz CT molecular complexity index is 734. The van der Waals surface area contributed by atoms with Crippen molar-refractivity contribution in [1.82, 2.24) is 20.0 Å². The number of aliphatic hydroxyl groups is 1. The van der Waals surface area contributed by atoms with Crippen LogP contribution in [0.25, 0.3) is 0 Å². The quantitative estimate of drug-likeness (QED) is 0.868. The van der Waals surface area contributed by atoms with Gasteiger partial charge in [-0.05, 0) is 31.7 Å². The normalized spacial score (nSPS) is 26.7. The third-order valence-corrected chi connectivity index (χ3v) is 5.03. The average molecular weight is 330 g/mol. The summed E-state index contributed by atoms with van der Waals surface area (Å²) in [6.07, 6.45) is 6.80. The fraction of sp³-hybridized carbons (Fsp3) is 0.588. The number of hydrogen-bond donors (Lipinski definition) is 2. The van der Waals surface area contributed by atoms with Crippen molar-refractivity contribution in [3.05, 3.63) is 35.7 Å². The molecule has 2 aromatic heterocycles. The SMILES string of the molecule is Cn1ccc(C(=O)NC[C@H]2C[C@H](c3nc(C4CC4)no3)C[C@H]2O)c1. The highest BCUT2D eigenvalue weighted by Crippen LogP contribution is 2.41. The van der Waals surface area contributed by atoms with E-state index in [0.29, 0.717) is 30.3 Å². The van der Waals surface area contributed by atoms with Gasteiger partial charge in [0, 0.05) is 43.7 Å². The van der Waals surface area contributed by atoms with Gasteiger partial charge in [-0.2, -0.15) is 4.98 Å². The monoisotopic (exact) mass is 330 g/mol. The number of aryl methyl sites for hydroxylation is 1. The summed E-state index contributed by atoms with van der Waals surface area (Å²) in [5.74, 6) is 1.89. The molecular formula is C17H22N4O3. The molecule has 0 bridgehead atoms. The van der Waals surface area contributed by atoms with Crippen LogP contribution in [0.5, 0.6) is 0 Å². The van der Waals surface area contributed by atoms with E-state index in [9.17, 15) is 9.90 Å². The van der Waals surface area contributed by atoms with Crippen LogP contribution in [-0.2, 0) is 7.05 Å². The van der Waals surface area contributed by atoms with Crippen molar-refractivity contribution in [3.63, 3.8) is 0 Å². The van der Waals surface area contributed by atoms with E-state index < -0.39 is 6.10 Å². The van der Waals surface area contributed by atoms with E-state index in [4.69, 9.17) is 4.52 Å². The summed E-state index contributed by atoms with van der Waals surface area (Å²) in [5, 5.41) is 17.3. The minimum atomic E-state index is -0.456. The molecule has 128 valence electrons. The minimum Gasteiger partial charge on any atom is -0.393 e. The van der Waals surface area contributed by atoms with Crippen molar-refractivity contribution in [3.8, 4) is 0 Å². The summed E-state index contributed by atoms with van der Waals surface area (Å²) >= 11 is 0. The second-order valence-electron chi connectivity index (χ2n) is 7.04. The van der Waals surface area contributed by atoms with Crippen LogP contribution in [0.2, 0.25) is 0 Å². The molecule has 4 rings (SSSR count). The highest BCUT2D eigenvalue weighted by Gasteiger charge is 2.38. The number of aliphatic hydroxyl groups excluding tert-OH is 1. The molecule has 0 aromatic carbocycles. The van der Waals surface area contributed by atoms with E-state index in [2.05, 4.69) is 15.5 Å². The van der Waals surface area contributed by atoms with Crippen molar-refractivity contribution in [2.75, 3.05) is 6.54 Å². The lowest BCUT2D eigenvalue weighted by molar-refractivity contribution is 0.0916. The molecule has 0 unspecified atom stereocenters. The largest absolute Gasteiger partial charge is 0.393 e. The first kappa shape index (κ1) is 15.4. The lowest BCUT2D eigenvalue weighted by Crippen LogP contribution is -2.32. The summed E-state index contributed by atoms with van der Waals surface area (Å²) in [7, 11) is 1.88. The van der Waals surface area contributed by atoms with Crippen LogP contribution in [0, 0.1) is 5.92 Å². The first-order valence-corrected chi connectivity index (χ1v) is 8.52. The van der Waals surface area contributed by atoms with Gasteiger partial charge in [0.2, 0.25) is 5.89 Å². The zero-order valence-corrected chi connectivity index (χ0v) is 13.7. The van der Waals surface area contributed by atoms with Crippen molar-refractivity contribution < 1.29 is 14.4 Å². The molecule has 2 fully saturated rings. The molecule has 2 aliphatic rings. The molecule has 2 N–H and O–H groups in total. The second-order valence-corrected chi connectivity index (χ2v) is 7.04. The topological polar surface area (TPSA) is 93.2 Å². The number of carbonyl (C=O) groups excluding carboxylic acids is 1. The van der Waals surface area contributed by atoms with Crippen LogP contribution in [0.15, 0.2) is 23.0 Å². The van der Waals surface area contributed by atoms with Crippen LogP contribution in [0.4, 0.5) is 0 Å². The predicted octanol–water partition coefficient (Wildman–Crippen LogP) is 1.57. The van der Waals surface area contributed by atoms with E-state index in [-0.39, 0.29) is 17.7 Å². The molecule has 1 amide bonds. The Morgan fingerprint density at radius 3 is 2.96 bits per heavy atom. The fourth-order valence-corrected chi connectivity index (χ4v) is 3.41. The zero-order valence-electron chi connectivity index (χ0n) is 13.7. The maximum atomic E-state index is 12.1. The van der Waals surface area contributed by atoms with Gasteiger partial charge >= 0.3 is 0 Å². The Labute approximate surface area is 140 Å². The number of hydrogen-bond acceptors (Lipinski definition) is 5. The summed E-state index contributed by atoms with van der Waals surface area (Å²) in [5.41, 5.74) is 0.632. The summed E-state index contributed by atoms with van der Waals surface area (Å²) in [6, 6.07) is 1.78. The Morgan fingerprint density at radius 1 is 1.42 bits per heavy atom. The fourth-order valence-electron chi connectivity index (χ4n) is 3.41. The van der Waals surface area contributed by atoms with Gasteiger partial charge in [-0.3, -0.25) is 4.79 Å². The average Bonchev–Trinajstić information content (AvgIpc) is 2.97. The molecule has 7 heteroatoms. The highest BCUT2D eigenvalue weighted by atomic mass is 16.5. The third kappa shape index (κ3) is 3.08.